The molecule has 0 aromatic heterocycles. The first-order valence-corrected chi connectivity index (χ1v) is 4.60. The number of primary amides is 2. The topological polar surface area (TPSA) is 142 Å². The molecule has 17 heavy (non-hydrogen) atoms. The van der Waals surface area contributed by atoms with Crippen molar-refractivity contribution >= 4 is 23.8 Å². The Morgan fingerprint density at radius 1 is 0.941 bits per heavy atom. The van der Waals surface area contributed by atoms with Crippen LogP contribution in [0.5, 0.6) is 0 Å². The molecule has 0 rings (SSSR count). The van der Waals surface area contributed by atoms with E-state index in [0.29, 0.717) is 5.23 Å². The molecule has 0 aliphatic heterocycles. The van der Waals surface area contributed by atoms with Gasteiger partial charge in [-0.15, -0.1) is 0 Å². The number of carbonyl (C=O) groups excluding carboxylic acids is 4. The zero-order chi connectivity index (χ0) is 13.4. The minimum atomic E-state index is -0.980. The molecule has 4 N–H and O–H groups in total. The monoisotopic (exact) mass is 247 g/mol. The van der Waals surface area contributed by atoms with Gasteiger partial charge in [-0.2, -0.15) is 0 Å². The van der Waals surface area contributed by atoms with E-state index in [1.807, 2.05) is 0 Å². The van der Waals surface area contributed by atoms with Crippen molar-refractivity contribution in [3.8, 4) is 0 Å². The van der Waals surface area contributed by atoms with E-state index in [4.69, 9.17) is 11.5 Å². The van der Waals surface area contributed by atoms with Gasteiger partial charge in [-0.1, -0.05) is 0 Å². The lowest BCUT2D eigenvalue weighted by molar-refractivity contribution is -0.322. The Bertz CT molecular complexity index is 299. The smallest absolute Gasteiger partial charge is 0.338 e. The van der Waals surface area contributed by atoms with Crippen LogP contribution in [0, 0.1) is 0 Å². The van der Waals surface area contributed by atoms with Gasteiger partial charge in [0.1, 0.15) is 12.8 Å². The van der Waals surface area contributed by atoms with Crippen molar-refractivity contribution in [2.75, 3.05) is 6.54 Å². The van der Waals surface area contributed by atoms with Crippen LogP contribution in [0.3, 0.4) is 0 Å². The summed E-state index contributed by atoms with van der Waals surface area (Å²) in [6.07, 6.45) is -1.30. The predicted molar refractivity (Wildman–Crippen MR) is 52.2 cm³/mol. The van der Waals surface area contributed by atoms with Crippen LogP contribution in [0.15, 0.2) is 0 Å². The first-order chi connectivity index (χ1) is 7.85. The Balaban J connectivity index is 4.15. The highest BCUT2D eigenvalue weighted by Gasteiger charge is 2.18. The van der Waals surface area contributed by atoms with Crippen LogP contribution in [-0.4, -0.2) is 35.5 Å². The van der Waals surface area contributed by atoms with Gasteiger partial charge < -0.3 is 21.1 Å². The van der Waals surface area contributed by atoms with E-state index in [-0.39, 0.29) is 6.54 Å². The number of carbonyl (C=O) groups is 4. The van der Waals surface area contributed by atoms with E-state index >= 15 is 0 Å². The fraction of sp³-hybridized carbons (Fsp3) is 0.500. The zero-order valence-electron chi connectivity index (χ0n) is 9.17. The van der Waals surface area contributed by atoms with Crippen molar-refractivity contribution in [1.82, 2.24) is 5.23 Å². The molecule has 0 spiro atoms. The van der Waals surface area contributed by atoms with E-state index < -0.39 is 36.6 Å². The summed E-state index contributed by atoms with van der Waals surface area (Å²) in [5.41, 5.74) is 9.50. The Labute approximate surface area is 96.5 Å². The summed E-state index contributed by atoms with van der Waals surface area (Å²) in [4.78, 5) is 51.6. The third-order valence-corrected chi connectivity index (χ3v) is 1.30. The Morgan fingerprint density at radius 3 is 1.53 bits per heavy atom. The maximum absolute atomic E-state index is 11.0. The second-order valence-corrected chi connectivity index (χ2v) is 2.86. The van der Waals surface area contributed by atoms with Gasteiger partial charge in [0.05, 0.1) is 6.54 Å². The molecule has 0 aliphatic rings. The molecule has 0 heterocycles. The number of rotatable bonds is 7. The van der Waals surface area contributed by atoms with Crippen LogP contribution >= 0.6 is 0 Å². The summed E-state index contributed by atoms with van der Waals surface area (Å²) >= 11 is 0. The molecular formula is C8H13N3O6. The van der Waals surface area contributed by atoms with Gasteiger partial charge >= 0.3 is 11.9 Å². The van der Waals surface area contributed by atoms with Crippen molar-refractivity contribution < 1.29 is 28.9 Å². The van der Waals surface area contributed by atoms with Crippen LogP contribution in [-0.2, 0) is 28.9 Å². The van der Waals surface area contributed by atoms with Crippen LogP contribution in [0.1, 0.15) is 19.8 Å². The van der Waals surface area contributed by atoms with Crippen molar-refractivity contribution in [2.24, 2.45) is 11.5 Å². The summed E-state index contributed by atoms with van der Waals surface area (Å²) in [5.74, 6) is -3.72. The minimum Gasteiger partial charge on any atom is -0.369 e. The molecule has 0 saturated heterocycles. The van der Waals surface area contributed by atoms with Gasteiger partial charge in [-0.3, -0.25) is 9.59 Å². The van der Waals surface area contributed by atoms with Crippen molar-refractivity contribution in [2.45, 2.75) is 19.8 Å². The van der Waals surface area contributed by atoms with Crippen LogP contribution in [0.4, 0.5) is 0 Å². The molecule has 0 unspecified atom stereocenters. The first-order valence-electron chi connectivity index (χ1n) is 4.60. The summed E-state index contributed by atoms with van der Waals surface area (Å²) in [6.45, 7) is 1.52. The van der Waals surface area contributed by atoms with Crippen molar-refractivity contribution in [3.05, 3.63) is 0 Å². The summed E-state index contributed by atoms with van der Waals surface area (Å²) in [5, 5.41) is 0.524. The lowest BCUT2D eigenvalue weighted by Crippen LogP contribution is -2.33. The molecular weight excluding hydrogens is 234 g/mol. The van der Waals surface area contributed by atoms with Crippen LogP contribution < -0.4 is 11.5 Å². The average molecular weight is 247 g/mol. The number of nitrogens with zero attached hydrogens (tertiary/aromatic N) is 1. The first kappa shape index (κ1) is 14.8. The Kier molecular flexibility index (Phi) is 6.26. The van der Waals surface area contributed by atoms with Gasteiger partial charge in [0.15, 0.2) is 0 Å². The second kappa shape index (κ2) is 7.17. The predicted octanol–water partition coefficient (Wildman–Crippen LogP) is -2.02. The highest BCUT2D eigenvalue weighted by Crippen LogP contribution is 1.98. The molecule has 0 radical (unpaired) electrons. The molecule has 0 aromatic rings. The fourth-order valence-electron chi connectivity index (χ4n) is 0.724. The number of hydrogen-bond acceptors (Lipinski definition) is 7. The van der Waals surface area contributed by atoms with Crippen molar-refractivity contribution in [3.63, 3.8) is 0 Å². The van der Waals surface area contributed by atoms with E-state index in [1.54, 1.807) is 0 Å². The summed E-state index contributed by atoms with van der Waals surface area (Å²) < 4.78 is 0. The third-order valence-electron chi connectivity index (χ3n) is 1.30. The van der Waals surface area contributed by atoms with Crippen molar-refractivity contribution in [1.29, 1.82) is 0 Å². The van der Waals surface area contributed by atoms with Gasteiger partial charge in [0.25, 0.3) is 0 Å². The van der Waals surface area contributed by atoms with E-state index in [9.17, 15) is 19.2 Å². The quantitative estimate of drug-likeness (QED) is 0.390. The number of amides is 2. The second-order valence-electron chi connectivity index (χ2n) is 2.86. The highest BCUT2D eigenvalue weighted by molar-refractivity contribution is 5.94. The average Bonchev–Trinajstić information content (AvgIpc) is 2.13. The number of nitrogens with two attached hydrogens (primary N) is 2. The zero-order valence-corrected chi connectivity index (χ0v) is 9.17. The minimum absolute atomic E-state index is 0.00893. The number of hydrogen-bond donors (Lipinski definition) is 2. The molecule has 0 aromatic carbocycles. The molecule has 9 nitrogen and oxygen atoms in total. The molecule has 96 valence electrons. The molecule has 0 saturated carbocycles. The molecule has 9 heteroatoms. The lowest BCUT2D eigenvalue weighted by Gasteiger charge is -2.16. The van der Waals surface area contributed by atoms with E-state index in [0.717, 1.165) is 0 Å². The summed E-state index contributed by atoms with van der Waals surface area (Å²) in [6, 6.07) is 0. The van der Waals surface area contributed by atoms with Gasteiger partial charge in [-0.05, 0) is 6.92 Å². The standard InChI is InChI=1S/C8H13N3O6/c1-2-11(16-7(14)3-5(9)12)17-8(15)4-6(10)13/h2-4H2,1H3,(H2,9,12)(H2,10,13). The SMILES string of the molecule is CCN(OC(=O)CC(N)=O)OC(=O)CC(N)=O. The third kappa shape index (κ3) is 7.73. The molecule has 0 bridgehead atoms. The van der Waals surface area contributed by atoms with E-state index in [2.05, 4.69) is 9.68 Å². The highest BCUT2D eigenvalue weighted by atomic mass is 17.0. The normalized spacial score (nSPS) is 9.76. The maximum atomic E-state index is 11.0. The van der Waals surface area contributed by atoms with Crippen LogP contribution in [0.25, 0.3) is 0 Å². The van der Waals surface area contributed by atoms with Crippen LogP contribution in [0.2, 0.25) is 0 Å². The number of hydroxylamine groups is 2. The molecule has 0 fully saturated rings. The van der Waals surface area contributed by atoms with Gasteiger partial charge in [0.2, 0.25) is 11.8 Å². The lowest BCUT2D eigenvalue weighted by atomic mass is 10.4. The molecule has 0 atom stereocenters. The maximum Gasteiger partial charge on any atom is 0.338 e. The summed E-state index contributed by atoms with van der Waals surface area (Å²) in [7, 11) is 0. The van der Waals surface area contributed by atoms with Gasteiger partial charge in [0, 0.05) is 5.23 Å². The van der Waals surface area contributed by atoms with E-state index in [1.165, 1.54) is 6.92 Å². The molecule has 2 amide bonds. The van der Waals surface area contributed by atoms with Gasteiger partial charge in [-0.25, -0.2) is 9.59 Å². The largest absolute Gasteiger partial charge is 0.369 e. The fourth-order valence-corrected chi connectivity index (χ4v) is 0.724. The Hall–Kier alpha value is -2.16. The molecule has 0 aliphatic carbocycles. The Morgan fingerprint density at radius 2 is 1.29 bits per heavy atom.